The Morgan fingerprint density at radius 1 is 0.864 bits per heavy atom. The van der Waals surface area contributed by atoms with Crippen LogP contribution in [0.15, 0.2) is 60.7 Å². The van der Waals surface area contributed by atoms with Gasteiger partial charge in [0.05, 0.1) is 0 Å². The van der Waals surface area contributed by atoms with Crippen LogP contribution in [0.25, 0.3) is 0 Å². The van der Waals surface area contributed by atoms with Crippen LogP contribution in [-0.4, -0.2) is 17.4 Å². The molecule has 0 aromatic heterocycles. The average Bonchev–Trinajstić information content (AvgIpc) is 2.52. The smallest absolute Gasteiger partial charge is 0.228 e. The number of hydrogen-bond donors (Lipinski definition) is 0. The maximum atomic E-state index is 12.7. The molecule has 22 heavy (non-hydrogen) atoms. The van der Waals surface area contributed by atoms with Crippen molar-refractivity contribution in [3.8, 4) is 0 Å². The summed E-state index contributed by atoms with van der Waals surface area (Å²) in [4.78, 5) is 14.7. The van der Waals surface area contributed by atoms with E-state index in [4.69, 9.17) is 0 Å². The van der Waals surface area contributed by atoms with Crippen molar-refractivity contribution >= 4 is 5.91 Å². The Morgan fingerprint density at radius 3 is 1.86 bits per heavy atom. The van der Waals surface area contributed by atoms with E-state index < -0.39 is 0 Å². The van der Waals surface area contributed by atoms with Crippen molar-refractivity contribution in [2.24, 2.45) is 5.41 Å². The molecule has 2 rings (SSSR count). The van der Waals surface area contributed by atoms with E-state index in [9.17, 15) is 4.79 Å². The van der Waals surface area contributed by atoms with Gasteiger partial charge in [0.25, 0.3) is 0 Å². The van der Waals surface area contributed by atoms with Crippen LogP contribution in [0.3, 0.4) is 0 Å². The third-order valence-corrected chi connectivity index (χ3v) is 3.66. The van der Waals surface area contributed by atoms with Crippen molar-refractivity contribution in [2.45, 2.75) is 33.7 Å². The molecule has 116 valence electrons. The fourth-order valence-corrected chi connectivity index (χ4v) is 2.44. The molecule has 0 saturated heterocycles. The summed E-state index contributed by atoms with van der Waals surface area (Å²) in [6.45, 7) is 7.36. The van der Waals surface area contributed by atoms with Gasteiger partial charge in [-0.1, -0.05) is 81.4 Å². The highest BCUT2D eigenvalue weighted by molar-refractivity contribution is 5.81. The van der Waals surface area contributed by atoms with Gasteiger partial charge in [-0.15, -0.1) is 0 Å². The molecule has 2 aromatic carbocycles. The zero-order valence-electron chi connectivity index (χ0n) is 13.8. The van der Waals surface area contributed by atoms with E-state index in [0.29, 0.717) is 6.54 Å². The summed E-state index contributed by atoms with van der Waals surface area (Å²) in [6.07, 6.45) is 0.884. The van der Waals surface area contributed by atoms with Crippen molar-refractivity contribution in [2.75, 3.05) is 6.54 Å². The largest absolute Gasteiger partial charge is 0.338 e. The molecule has 0 spiro atoms. The molecule has 0 N–H and O–H groups in total. The number of benzene rings is 2. The molecule has 0 saturated carbocycles. The molecule has 0 atom stereocenters. The molecule has 0 aliphatic heterocycles. The van der Waals surface area contributed by atoms with Crippen LogP contribution in [0.1, 0.15) is 31.9 Å². The highest BCUT2D eigenvalue weighted by Crippen LogP contribution is 2.19. The number of amides is 1. The van der Waals surface area contributed by atoms with E-state index in [0.717, 1.165) is 13.0 Å². The van der Waals surface area contributed by atoms with Gasteiger partial charge in [0.2, 0.25) is 5.91 Å². The first-order valence-corrected chi connectivity index (χ1v) is 7.84. The minimum atomic E-state index is -0.356. The minimum Gasteiger partial charge on any atom is -0.338 e. The maximum Gasteiger partial charge on any atom is 0.228 e. The Balaban J connectivity index is 2.09. The molecule has 0 fully saturated rings. The normalized spacial score (nSPS) is 11.2. The van der Waals surface area contributed by atoms with Gasteiger partial charge in [-0.05, 0) is 17.5 Å². The molecular formula is C20H25NO. The fraction of sp³-hybridized carbons (Fsp3) is 0.350. The van der Waals surface area contributed by atoms with E-state index in [-0.39, 0.29) is 11.3 Å². The molecule has 0 radical (unpaired) electrons. The third-order valence-electron chi connectivity index (χ3n) is 3.66. The fourth-order valence-electron chi connectivity index (χ4n) is 2.44. The molecular weight excluding hydrogens is 270 g/mol. The van der Waals surface area contributed by atoms with Gasteiger partial charge >= 0.3 is 0 Å². The van der Waals surface area contributed by atoms with E-state index in [2.05, 4.69) is 24.3 Å². The van der Waals surface area contributed by atoms with Gasteiger partial charge in [-0.2, -0.15) is 0 Å². The number of hydrogen-bond acceptors (Lipinski definition) is 1. The van der Waals surface area contributed by atoms with Crippen molar-refractivity contribution in [3.63, 3.8) is 0 Å². The number of carbonyl (C=O) groups is 1. The lowest BCUT2D eigenvalue weighted by Gasteiger charge is -2.30. The zero-order chi connectivity index (χ0) is 16.0. The Bertz CT molecular complexity index is 584. The van der Waals surface area contributed by atoms with Crippen LogP contribution >= 0.6 is 0 Å². The van der Waals surface area contributed by atoms with Crippen LogP contribution < -0.4 is 0 Å². The highest BCUT2D eigenvalue weighted by Gasteiger charge is 2.27. The molecule has 0 bridgehead atoms. The SMILES string of the molecule is CC(C)(C)C(=O)N(CCc1ccccc1)Cc1ccccc1. The predicted octanol–water partition coefficient (Wildman–Crippen LogP) is 4.30. The average molecular weight is 295 g/mol. The molecule has 0 aliphatic rings. The van der Waals surface area contributed by atoms with Crippen molar-refractivity contribution in [1.29, 1.82) is 0 Å². The van der Waals surface area contributed by atoms with Crippen LogP contribution in [-0.2, 0) is 17.8 Å². The second kappa shape index (κ2) is 7.26. The monoisotopic (exact) mass is 295 g/mol. The summed E-state index contributed by atoms with van der Waals surface area (Å²) in [5.41, 5.74) is 2.08. The predicted molar refractivity (Wildman–Crippen MR) is 91.5 cm³/mol. The Hall–Kier alpha value is -2.09. The van der Waals surface area contributed by atoms with Gasteiger partial charge < -0.3 is 4.90 Å². The van der Waals surface area contributed by atoms with Gasteiger partial charge in [-0.3, -0.25) is 4.79 Å². The van der Waals surface area contributed by atoms with Crippen LogP contribution in [0.2, 0.25) is 0 Å². The van der Waals surface area contributed by atoms with Gasteiger partial charge in [-0.25, -0.2) is 0 Å². The van der Waals surface area contributed by atoms with E-state index in [1.807, 2.05) is 62.1 Å². The summed E-state index contributed by atoms with van der Waals surface area (Å²) in [5, 5.41) is 0. The molecule has 2 heteroatoms. The lowest BCUT2D eigenvalue weighted by molar-refractivity contribution is -0.140. The van der Waals surface area contributed by atoms with Crippen LogP contribution in [0.4, 0.5) is 0 Å². The third kappa shape index (κ3) is 4.73. The van der Waals surface area contributed by atoms with Crippen LogP contribution in [0.5, 0.6) is 0 Å². The Morgan fingerprint density at radius 2 is 1.36 bits per heavy atom. The van der Waals surface area contributed by atoms with Crippen molar-refractivity contribution < 1.29 is 4.79 Å². The van der Waals surface area contributed by atoms with E-state index in [1.54, 1.807) is 0 Å². The Labute approximate surface area is 133 Å². The Kier molecular flexibility index (Phi) is 5.37. The quantitative estimate of drug-likeness (QED) is 0.805. The maximum absolute atomic E-state index is 12.7. The topological polar surface area (TPSA) is 20.3 Å². The summed E-state index contributed by atoms with van der Waals surface area (Å²) < 4.78 is 0. The highest BCUT2D eigenvalue weighted by atomic mass is 16.2. The number of carbonyl (C=O) groups excluding carboxylic acids is 1. The summed E-state index contributed by atoms with van der Waals surface area (Å²) in [7, 11) is 0. The lowest BCUT2D eigenvalue weighted by Crippen LogP contribution is -2.40. The van der Waals surface area contributed by atoms with E-state index in [1.165, 1.54) is 11.1 Å². The molecule has 0 aliphatic carbocycles. The summed E-state index contributed by atoms with van der Waals surface area (Å²) in [5.74, 6) is 0.201. The zero-order valence-corrected chi connectivity index (χ0v) is 13.8. The minimum absolute atomic E-state index is 0.201. The molecule has 2 aromatic rings. The first-order chi connectivity index (χ1) is 10.5. The molecule has 0 heterocycles. The van der Waals surface area contributed by atoms with Gasteiger partial charge in [0.15, 0.2) is 0 Å². The van der Waals surface area contributed by atoms with Crippen LogP contribution in [0, 0.1) is 5.41 Å². The van der Waals surface area contributed by atoms with Gasteiger partial charge in [0.1, 0.15) is 0 Å². The first-order valence-electron chi connectivity index (χ1n) is 7.84. The standard InChI is InChI=1S/C20H25NO/c1-20(2,3)19(22)21(16-18-12-8-5-9-13-18)15-14-17-10-6-4-7-11-17/h4-13H,14-16H2,1-3H3. The second-order valence-electron chi connectivity index (χ2n) is 6.70. The lowest BCUT2D eigenvalue weighted by atomic mass is 9.94. The number of rotatable bonds is 5. The first kappa shape index (κ1) is 16.3. The number of nitrogens with zero attached hydrogens (tertiary/aromatic N) is 1. The summed E-state index contributed by atoms with van der Waals surface area (Å²) >= 11 is 0. The second-order valence-corrected chi connectivity index (χ2v) is 6.70. The summed E-state index contributed by atoms with van der Waals surface area (Å²) in [6, 6.07) is 20.5. The van der Waals surface area contributed by atoms with Crippen molar-refractivity contribution in [1.82, 2.24) is 4.90 Å². The molecule has 0 unspecified atom stereocenters. The van der Waals surface area contributed by atoms with Crippen molar-refractivity contribution in [3.05, 3.63) is 71.8 Å². The molecule has 1 amide bonds. The van der Waals surface area contributed by atoms with E-state index >= 15 is 0 Å². The van der Waals surface area contributed by atoms with Gasteiger partial charge in [0, 0.05) is 18.5 Å². The molecule has 2 nitrogen and oxygen atoms in total.